The van der Waals surface area contributed by atoms with Gasteiger partial charge in [-0.1, -0.05) is 13.8 Å². The van der Waals surface area contributed by atoms with Crippen LogP contribution in [0.2, 0.25) is 0 Å². The molecular formula is C13H18FNO3S. The predicted molar refractivity (Wildman–Crippen MR) is 70.7 cm³/mol. The van der Waals surface area contributed by atoms with Crippen LogP contribution in [0, 0.1) is 5.82 Å². The summed E-state index contributed by atoms with van der Waals surface area (Å²) in [5.74, 6) is -0.395. The number of rotatable bonds is 2. The lowest BCUT2D eigenvalue weighted by Gasteiger charge is -2.25. The fraction of sp³-hybridized carbons (Fsp3) is 0.462. The van der Waals surface area contributed by atoms with Gasteiger partial charge in [-0.3, -0.25) is 4.79 Å². The SMILES string of the molecule is CC.O=C1CCN(S(=O)(=O)c2ccc(F)cc2)CC1. The van der Waals surface area contributed by atoms with Crippen LogP contribution < -0.4 is 0 Å². The highest BCUT2D eigenvalue weighted by Gasteiger charge is 2.28. The van der Waals surface area contributed by atoms with Crippen molar-refractivity contribution in [1.82, 2.24) is 4.31 Å². The summed E-state index contributed by atoms with van der Waals surface area (Å²) in [7, 11) is -3.59. The third-order valence-corrected chi connectivity index (χ3v) is 4.64. The minimum atomic E-state index is -3.59. The van der Waals surface area contributed by atoms with Crippen molar-refractivity contribution in [3.05, 3.63) is 30.1 Å². The molecule has 0 N–H and O–H groups in total. The maximum Gasteiger partial charge on any atom is 0.243 e. The Balaban J connectivity index is 0.000000861. The first-order valence-electron chi connectivity index (χ1n) is 6.27. The van der Waals surface area contributed by atoms with E-state index in [2.05, 4.69) is 0 Å². The molecule has 1 aromatic rings. The van der Waals surface area contributed by atoms with Crippen LogP contribution >= 0.6 is 0 Å². The van der Waals surface area contributed by atoms with Crippen LogP contribution in [-0.4, -0.2) is 31.6 Å². The van der Waals surface area contributed by atoms with Gasteiger partial charge in [0.05, 0.1) is 4.90 Å². The second kappa shape index (κ2) is 6.77. The number of ketones is 1. The van der Waals surface area contributed by atoms with E-state index in [1.165, 1.54) is 16.4 Å². The monoisotopic (exact) mass is 287 g/mol. The Bertz CT molecular complexity index is 515. The summed E-state index contributed by atoms with van der Waals surface area (Å²) < 4.78 is 38.2. The summed E-state index contributed by atoms with van der Waals surface area (Å²) in [6, 6.07) is 4.70. The molecule has 0 aromatic heterocycles. The molecule has 0 atom stereocenters. The first-order chi connectivity index (χ1) is 9.00. The van der Waals surface area contributed by atoms with Gasteiger partial charge in [-0.2, -0.15) is 4.31 Å². The summed E-state index contributed by atoms with van der Waals surface area (Å²) in [4.78, 5) is 11.1. The van der Waals surface area contributed by atoms with Crippen LogP contribution in [-0.2, 0) is 14.8 Å². The minimum absolute atomic E-state index is 0.0632. The second-order valence-corrected chi connectivity index (χ2v) is 5.83. The molecule has 1 aliphatic heterocycles. The average Bonchev–Trinajstić information content (AvgIpc) is 2.42. The quantitative estimate of drug-likeness (QED) is 0.838. The Kier molecular flexibility index (Phi) is 5.62. The van der Waals surface area contributed by atoms with E-state index in [1.807, 2.05) is 13.8 Å². The van der Waals surface area contributed by atoms with Crippen LogP contribution in [0.5, 0.6) is 0 Å². The summed E-state index contributed by atoms with van der Waals surface area (Å²) in [6.07, 6.45) is 0.501. The zero-order valence-corrected chi connectivity index (χ0v) is 11.9. The van der Waals surface area contributed by atoms with Crippen LogP contribution in [0.25, 0.3) is 0 Å². The molecule has 0 amide bonds. The predicted octanol–water partition coefficient (Wildman–Crippen LogP) is 2.21. The Morgan fingerprint density at radius 1 is 1.05 bits per heavy atom. The number of benzene rings is 1. The van der Waals surface area contributed by atoms with E-state index in [0.717, 1.165) is 12.1 Å². The van der Waals surface area contributed by atoms with E-state index >= 15 is 0 Å². The third kappa shape index (κ3) is 3.84. The van der Waals surface area contributed by atoms with Gasteiger partial charge in [-0.25, -0.2) is 12.8 Å². The first kappa shape index (κ1) is 15.8. The molecule has 6 heteroatoms. The number of sulfonamides is 1. The number of hydrogen-bond donors (Lipinski definition) is 0. The molecule has 0 bridgehead atoms. The van der Waals surface area contributed by atoms with Crippen molar-refractivity contribution < 1.29 is 17.6 Å². The Morgan fingerprint density at radius 3 is 2.00 bits per heavy atom. The van der Waals surface area contributed by atoms with Crippen molar-refractivity contribution in [3.8, 4) is 0 Å². The van der Waals surface area contributed by atoms with Crippen molar-refractivity contribution in [3.63, 3.8) is 0 Å². The Hall–Kier alpha value is -1.27. The standard InChI is InChI=1S/C11H12FNO3S.C2H6/c12-9-1-3-11(4-2-9)17(15,16)13-7-5-10(14)6-8-13;1-2/h1-4H,5-8H2;1-2H3. The normalized spacial score (nSPS) is 16.7. The smallest absolute Gasteiger partial charge is 0.243 e. The number of halogens is 1. The molecule has 106 valence electrons. The van der Waals surface area contributed by atoms with E-state index in [-0.39, 0.29) is 36.6 Å². The topological polar surface area (TPSA) is 54.5 Å². The van der Waals surface area contributed by atoms with Gasteiger partial charge in [0.25, 0.3) is 0 Å². The molecule has 1 aliphatic rings. The Morgan fingerprint density at radius 2 is 1.53 bits per heavy atom. The first-order valence-corrected chi connectivity index (χ1v) is 7.71. The van der Waals surface area contributed by atoms with Gasteiger partial charge < -0.3 is 0 Å². The van der Waals surface area contributed by atoms with Gasteiger partial charge in [0.1, 0.15) is 11.6 Å². The maximum atomic E-state index is 12.7. The average molecular weight is 287 g/mol. The molecule has 0 aliphatic carbocycles. The van der Waals surface area contributed by atoms with Gasteiger partial charge in [-0.05, 0) is 24.3 Å². The van der Waals surface area contributed by atoms with E-state index in [9.17, 15) is 17.6 Å². The molecule has 0 spiro atoms. The molecule has 0 radical (unpaired) electrons. The maximum absolute atomic E-state index is 12.7. The highest BCUT2D eigenvalue weighted by atomic mass is 32.2. The van der Waals surface area contributed by atoms with Gasteiger partial charge >= 0.3 is 0 Å². The fourth-order valence-electron chi connectivity index (χ4n) is 1.73. The highest BCUT2D eigenvalue weighted by molar-refractivity contribution is 7.89. The molecule has 1 saturated heterocycles. The van der Waals surface area contributed by atoms with E-state index in [4.69, 9.17) is 0 Å². The van der Waals surface area contributed by atoms with E-state index in [0.29, 0.717) is 0 Å². The molecule has 1 aromatic carbocycles. The minimum Gasteiger partial charge on any atom is -0.300 e. The number of hydrogen-bond acceptors (Lipinski definition) is 3. The fourth-order valence-corrected chi connectivity index (χ4v) is 3.17. The molecule has 1 heterocycles. The highest BCUT2D eigenvalue weighted by Crippen LogP contribution is 2.19. The summed E-state index contributed by atoms with van der Waals surface area (Å²) in [5.41, 5.74) is 0. The zero-order chi connectivity index (χ0) is 14.5. The molecular weight excluding hydrogens is 269 g/mol. The number of carbonyl (C=O) groups is 1. The Labute approximate surface area is 113 Å². The molecule has 0 unspecified atom stereocenters. The summed E-state index contributed by atoms with van der Waals surface area (Å²) >= 11 is 0. The van der Waals surface area contributed by atoms with Gasteiger partial charge in [-0.15, -0.1) is 0 Å². The van der Waals surface area contributed by atoms with E-state index < -0.39 is 15.8 Å². The lowest BCUT2D eigenvalue weighted by molar-refractivity contribution is -0.120. The van der Waals surface area contributed by atoms with Crippen LogP contribution in [0.1, 0.15) is 26.7 Å². The van der Waals surface area contributed by atoms with Gasteiger partial charge in [0, 0.05) is 25.9 Å². The van der Waals surface area contributed by atoms with Gasteiger partial charge in [0.15, 0.2) is 0 Å². The summed E-state index contributed by atoms with van der Waals surface area (Å²) in [6.45, 7) is 4.41. The zero-order valence-electron chi connectivity index (χ0n) is 11.1. The largest absolute Gasteiger partial charge is 0.300 e. The lowest BCUT2D eigenvalue weighted by Crippen LogP contribution is -2.38. The number of piperidine rings is 1. The number of carbonyl (C=O) groups excluding carboxylic acids is 1. The molecule has 4 nitrogen and oxygen atoms in total. The van der Waals surface area contributed by atoms with Crippen molar-refractivity contribution in [1.29, 1.82) is 0 Å². The van der Waals surface area contributed by atoms with Crippen molar-refractivity contribution in [2.24, 2.45) is 0 Å². The number of nitrogens with zero attached hydrogens (tertiary/aromatic N) is 1. The van der Waals surface area contributed by atoms with Crippen molar-refractivity contribution in [2.45, 2.75) is 31.6 Å². The van der Waals surface area contributed by atoms with Crippen LogP contribution in [0.3, 0.4) is 0 Å². The molecule has 19 heavy (non-hydrogen) atoms. The lowest BCUT2D eigenvalue weighted by atomic mass is 10.1. The second-order valence-electron chi connectivity index (χ2n) is 3.90. The van der Waals surface area contributed by atoms with Crippen molar-refractivity contribution >= 4 is 15.8 Å². The third-order valence-electron chi connectivity index (χ3n) is 2.73. The van der Waals surface area contributed by atoms with Crippen LogP contribution in [0.15, 0.2) is 29.2 Å². The van der Waals surface area contributed by atoms with Crippen molar-refractivity contribution in [2.75, 3.05) is 13.1 Å². The van der Waals surface area contributed by atoms with Crippen LogP contribution in [0.4, 0.5) is 4.39 Å². The number of Topliss-reactive ketones (excluding diaryl/α,β-unsaturated/α-hetero) is 1. The van der Waals surface area contributed by atoms with Gasteiger partial charge in [0.2, 0.25) is 10.0 Å². The molecule has 2 rings (SSSR count). The summed E-state index contributed by atoms with van der Waals surface area (Å²) in [5, 5.41) is 0. The van der Waals surface area contributed by atoms with E-state index in [1.54, 1.807) is 0 Å². The molecule has 0 saturated carbocycles. The molecule has 1 fully saturated rings.